The second kappa shape index (κ2) is 7.61. The van der Waals surface area contributed by atoms with E-state index in [1.54, 1.807) is 30.8 Å². The number of nitrogens with zero attached hydrogens (tertiary/aromatic N) is 4. The lowest BCUT2D eigenvalue weighted by molar-refractivity contribution is 0.0827. The standard InChI is InChI=1S/C21H24N4O2/c1-14-9-15(2)20(27-5)18(10-14)19-13-25(23-22-19)12-16-7-6-8-17(11-16)21(26)24(3)4/h6-11,13H,12H2,1-5H3. The number of rotatable bonds is 5. The molecule has 1 aromatic heterocycles. The number of carbonyl (C=O) groups excluding carboxylic acids is 1. The van der Waals surface area contributed by atoms with Crippen molar-refractivity contribution in [3.63, 3.8) is 0 Å². The van der Waals surface area contributed by atoms with Crippen molar-refractivity contribution in [1.29, 1.82) is 0 Å². The van der Waals surface area contributed by atoms with Gasteiger partial charge in [-0.05, 0) is 48.7 Å². The first kappa shape index (κ1) is 18.6. The van der Waals surface area contributed by atoms with Gasteiger partial charge < -0.3 is 9.64 Å². The molecule has 2 aromatic carbocycles. The molecule has 0 aliphatic heterocycles. The summed E-state index contributed by atoms with van der Waals surface area (Å²) in [6, 6.07) is 11.7. The molecule has 0 bridgehead atoms. The summed E-state index contributed by atoms with van der Waals surface area (Å²) in [6.45, 7) is 4.61. The molecule has 140 valence electrons. The number of benzene rings is 2. The summed E-state index contributed by atoms with van der Waals surface area (Å²) >= 11 is 0. The second-order valence-electron chi connectivity index (χ2n) is 6.86. The van der Waals surface area contributed by atoms with Crippen LogP contribution in [-0.2, 0) is 6.54 Å². The van der Waals surface area contributed by atoms with E-state index in [9.17, 15) is 4.79 Å². The fourth-order valence-corrected chi connectivity index (χ4v) is 3.16. The van der Waals surface area contributed by atoms with Crippen molar-refractivity contribution in [3.8, 4) is 17.0 Å². The molecule has 27 heavy (non-hydrogen) atoms. The van der Waals surface area contributed by atoms with Gasteiger partial charge in [0, 0.05) is 25.2 Å². The van der Waals surface area contributed by atoms with E-state index in [0.29, 0.717) is 12.1 Å². The highest BCUT2D eigenvalue weighted by Crippen LogP contribution is 2.32. The fourth-order valence-electron chi connectivity index (χ4n) is 3.16. The molecule has 0 spiro atoms. The number of ether oxygens (including phenoxy) is 1. The number of hydrogen-bond acceptors (Lipinski definition) is 4. The lowest BCUT2D eigenvalue weighted by Gasteiger charge is -2.11. The quantitative estimate of drug-likeness (QED) is 0.697. The van der Waals surface area contributed by atoms with Crippen LogP contribution >= 0.6 is 0 Å². The Hall–Kier alpha value is -3.15. The summed E-state index contributed by atoms with van der Waals surface area (Å²) in [5, 5.41) is 8.56. The van der Waals surface area contributed by atoms with Gasteiger partial charge in [0.05, 0.1) is 19.9 Å². The molecule has 0 unspecified atom stereocenters. The van der Waals surface area contributed by atoms with E-state index in [1.165, 1.54) is 0 Å². The Morgan fingerprint density at radius 1 is 1.19 bits per heavy atom. The van der Waals surface area contributed by atoms with Crippen molar-refractivity contribution >= 4 is 5.91 Å². The van der Waals surface area contributed by atoms with E-state index in [4.69, 9.17) is 4.74 Å². The highest BCUT2D eigenvalue weighted by atomic mass is 16.5. The zero-order valence-corrected chi connectivity index (χ0v) is 16.4. The third-order valence-electron chi connectivity index (χ3n) is 4.36. The van der Waals surface area contributed by atoms with Gasteiger partial charge >= 0.3 is 0 Å². The fraction of sp³-hybridized carbons (Fsp3) is 0.286. The monoisotopic (exact) mass is 364 g/mol. The van der Waals surface area contributed by atoms with Crippen LogP contribution in [0.25, 0.3) is 11.3 Å². The van der Waals surface area contributed by atoms with Crippen LogP contribution in [0.1, 0.15) is 27.0 Å². The lowest BCUT2D eigenvalue weighted by Crippen LogP contribution is -2.21. The molecule has 0 aliphatic carbocycles. The minimum Gasteiger partial charge on any atom is -0.496 e. The van der Waals surface area contributed by atoms with Crippen molar-refractivity contribution in [3.05, 3.63) is 64.8 Å². The highest BCUT2D eigenvalue weighted by Gasteiger charge is 2.14. The largest absolute Gasteiger partial charge is 0.496 e. The van der Waals surface area contributed by atoms with Crippen LogP contribution in [0.2, 0.25) is 0 Å². The molecule has 6 nitrogen and oxygen atoms in total. The van der Waals surface area contributed by atoms with Crippen LogP contribution in [0.15, 0.2) is 42.6 Å². The summed E-state index contributed by atoms with van der Waals surface area (Å²) < 4.78 is 7.33. The first-order valence-corrected chi connectivity index (χ1v) is 8.75. The van der Waals surface area contributed by atoms with Crippen molar-refractivity contribution in [2.45, 2.75) is 20.4 Å². The number of aromatic nitrogens is 3. The number of methoxy groups -OCH3 is 1. The van der Waals surface area contributed by atoms with Crippen LogP contribution in [-0.4, -0.2) is 47.0 Å². The van der Waals surface area contributed by atoms with Gasteiger partial charge in [-0.2, -0.15) is 0 Å². The molecule has 6 heteroatoms. The van der Waals surface area contributed by atoms with Crippen molar-refractivity contribution in [2.24, 2.45) is 0 Å². The third kappa shape index (κ3) is 4.00. The summed E-state index contributed by atoms with van der Waals surface area (Å²) in [5.74, 6) is 0.794. The Morgan fingerprint density at radius 3 is 2.67 bits per heavy atom. The number of aryl methyl sites for hydroxylation is 2. The van der Waals surface area contributed by atoms with Gasteiger partial charge in [-0.25, -0.2) is 4.68 Å². The molecule has 3 rings (SSSR count). The molecule has 0 aliphatic rings. The van der Waals surface area contributed by atoms with Gasteiger partial charge in [0.1, 0.15) is 11.4 Å². The zero-order valence-electron chi connectivity index (χ0n) is 16.4. The molecule has 0 radical (unpaired) electrons. The van der Waals surface area contributed by atoms with Gasteiger partial charge in [-0.3, -0.25) is 4.79 Å². The Morgan fingerprint density at radius 2 is 1.96 bits per heavy atom. The average molecular weight is 364 g/mol. The minimum atomic E-state index is -0.0175. The Bertz CT molecular complexity index is 976. The summed E-state index contributed by atoms with van der Waals surface area (Å²) in [6.07, 6.45) is 1.90. The minimum absolute atomic E-state index is 0.0175. The van der Waals surface area contributed by atoms with E-state index in [1.807, 2.05) is 44.3 Å². The maximum atomic E-state index is 12.1. The summed E-state index contributed by atoms with van der Waals surface area (Å²) in [4.78, 5) is 13.7. The SMILES string of the molecule is COc1c(C)cc(C)cc1-c1cn(Cc2cccc(C(=O)N(C)C)c2)nn1. The normalized spacial score (nSPS) is 10.7. The third-order valence-corrected chi connectivity index (χ3v) is 4.36. The highest BCUT2D eigenvalue weighted by molar-refractivity contribution is 5.94. The first-order chi connectivity index (χ1) is 12.9. The molecule has 3 aromatic rings. The van der Waals surface area contributed by atoms with Crippen LogP contribution < -0.4 is 4.74 Å². The van der Waals surface area contributed by atoms with Gasteiger partial charge in [0.25, 0.3) is 5.91 Å². The zero-order chi connectivity index (χ0) is 19.6. The van der Waals surface area contributed by atoms with Crippen LogP contribution in [0.3, 0.4) is 0 Å². The molecule has 1 amide bonds. The first-order valence-electron chi connectivity index (χ1n) is 8.75. The van der Waals surface area contributed by atoms with Crippen molar-refractivity contribution < 1.29 is 9.53 Å². The Kier molecular flexibility index (Phi) is 5.26. The predicted octanol–water partition coefficient (Wildman–Crippen LogP) is 3.32. The number of hydrogen-bond donors (Lipinski definition) is 0. The molecule has 0 saturated carbocycles. The predicted molar refractivity (Wildman–Crippen MR) is 105 cm³/mol. The molecule has 0 N–H and O–H groups in total. The smallest absolute Gasteiger partial charge is 0.253 e. The maximum Gasteiger partial charge on any atom is 0.253 e. The molecule has 0 fully saturated rings. The molecular weight excluding hydrogens is 340 g/mol. The van der Waals surface area contributed by atoms with Gasteiger partial charge in [0.15, 0.2) is 0 Å². The summed E-state index contributed by atoms with van der Waals surface area (Å²) in [7, 11) is 5.16. The van der Waals surface area contributed by atoms with Crippen molar-refractivity contribution in [2.75, 3.05) is 21.2 Å². The van der Waals surface area contributed by atoms with Gasteiger partial charge in [-0.15, -0.1) is 5.10 Å². The topological polar surface area (TPSA) is 60.2 Å². The van der Waals surface area contributed by atoms with Gasteiger partial charge in [-0.1, -0.05) is 23.4 Å². The van der Waals surface area contributed by atoms with Gasteiger partial charge in [0.2, 0.25) is 0 Å². The van der Waals surface area contributed by atoms with Crippen LogP contribution in [0.4, 0.5) is 0 Å². The van der Waals surface area contributed by atoms with E-state index >= 15 is 0 Å². The molecule has 0 atom stereocenters. The number of amides is 1. The Balaban J connectivity index is 1.88. The van der Waals surface area contributed by atoms with Crippen molar-refractivity contribution in [1.82, 2.24) is 19.9 Å². The Labute approximate surface area is 159 Å². The van der Waals surface area contributed by atoms with E-state index < -0.39 is 0 Å². The van der Waals surface area contributed by atoms with Crippen LogP contribution in [0, 0.1) is 13.8 Å². The molecule has 1 heterocycles. The number of carbonyl (C=O) groups is 1. The molecular formula is C21H24N4O2. The second-order valence-corrected chi connectivity index (χ2v) is 6.86. The lowest BCUT2D eigenvalue weighted by atomic mass is 10.0. The molecule has 0 saturated heterocycles. The summed E-state index contributed by atoms with van der Waals surface area (Å²) in [5.41, 5.74) is 5.56. The average Bonchev–Trinajstić information content (AvgIpc) is 3.09. The maximum absolute atomic E-state index is 12.1. The van der Waals surface area contributed by atoms with E-state index in [-0.39, 0.29) is 5.91 Å². The van der Waals surface area contributed by atoms with Crippen LogP contribution in [0.5, 0.6) is 5.75 Å². The van der Waals surface area contributed by atoms with E-state index in [2.05, 4.69) is 22.4 Å². The van der Waals surface area contributed by atoms with E-state index in [0.717, 1.165) is 33.7 Å².